The third-order valence-corrected chi connectivity index (χ3v) is 5.18. The zero-order valence-electron chi connectivity index (χ0n) is 16.2. The van der Waals surface area contributed by atoms with Crippen molar-refractivity contribution >= 4 is 17.0 Å². The van der Waals surface area contributed by atoms with E-state index in [-0.39, 0.29) is 0 Å². The van der Waals surface area contributed by atoms with E-state index < -0.39 is 0 Å². The molecule has 0 radical (unpaired) electrons. The molecule has 0 amide bonds. The first-order chi connectivity index (χ1) is 13.1. The molecular formula is C21H23N3O2S. The van der Waals surface area contributed by atoms with Gasteiger partial charge in [-0.3, -0.25) is 4.99 Å². The first-order valence-electron chi connectivity index (χ1n) is 8.55. The summed E-state index contributed by atoms with van der Waals surface area (Å²) in [5, 5.41) is 6.93. The van der Waals surface area contributed by atoms with Crippen LogP contribution in [0.2, 0.25) is 0 Å². The average molecular weight is 382 g/mol. The molecular weight excluding hydrogens is 358 g/mol. The van der Waals surface area contributed by atoms with Gasteiger partial charge in [0.2, 0.25) is 4.80 Å². The van der Waals surface area contributed by atoms with Gasteiger partial charge in [-0.2, -0.15) is 5.10 Å². The molecule has 0 aliphatic carbocycles. The smallest absolute Gasteiger partial charge is 0.205 e. The summed E-state index contributed by atoms with van der Waals surface area (Å²) in [4.78, 5) is 5.20. The lowest BCUT2D eigenvalue weighted by molar-refractivity contribution is 0.402. The standard InChI is InChI=1S/C21H23N3O2S/c1-14-6-8-16(9-7-14)19-13-27-21(22-3)24(19)23-15(2)18-12-17(25-4)10-11-20(18)26-5/h6-13H,1-5H3. The Hall–Kier alpha value is -2.86. The fourth-order valence-corrected chi connectivity index (χ4v) is 3.57. The maximum absolute atomic E-state index is 5.50. The van der Waals surface area contributed by atoms with E-state index in [1.165, 1.54) is 5.56 Å². The first-order valence-corrected chi connectivity index (χ1v) is 9.43. The van der Waals surface area contributed by atoms with Crippen molar-refractivity contribution in [1.82, 2.24) is 4.68 Å². The lowest BCUT2D eigenvalue weighted by atomic mass is 10.1. The molecule has 0 aliphatic rings. The molecule has 5 nitrogen and oxygen atoms in total. The SMILES string of the molecule is CN=c1scc(-c2ccc(C)cc2)n1N=C(C)c1cc(OC)ccc1OC. The van der Waals surface area contributed by atoms with Crippen LogP contribution in [0, 0.1) is 6.92 Å². The van der Waals surface area contributed by atoms with Crippen molar-refractivity contribution in [2.75, 3.05) is 21.3 Å². The predicted octanol–water partition coefficient (Wildman–Crippen LogP) is 4.35. The van der Waals surface area contributed by atoms with Gasteiger partial charge in [-0.15, -0.1) is 11.3 Å². The fraction of sp³-hybridized carbons (Fsp3) is 0.238. The van der Waals surface area contributed by atoms with Crippen LogP contribution < -0.4 is 14.3 Å². The van der Waals surface area contributed by atoms with E-state index in [0.29, 0.717) is 0 Å². The Morgan fingerprint density at radius 1 is 1.04 bits per heavy atom. The Morgan fingerprint density at radius 2 is 1.78 bits per heavy atom. The van der Waals surface area contributed by atoms with Crippen LogP contribution >= 0.6 is 11.3 Å². The van der Waals surface area contributed by atoms with E-state index in [1.54, 1.807) is 32.6 Å². The maximum Gasteiger partial charge on any atom is 0.205 e. The lowest BCUT2D eigenvalue weighted by Crippen LogP contribution is -2.14. The summed E-state index contributed by atoms with van der Waals surface area (Å²) >= 11 is 1.56. The molecule has 6 heteroatoms. The van der Waals surface area contributed by atoms with Gasteiger partial charge in [0.05, 0.1) is 25.6 Å². The topological polar surface area (TPSA) is 48.1 Å². The molecule has 0 bridgehead atoms. The Balaban J connectivity index is 2.14. The molecule has 0 N–H and O–H groups in total. The summed E-state index contributed by atoms with van der Waals surface area (Å²) in [6.07, 6.45) is 0. The molecule has 1 aromatic heterocycles. The molecule has 0 saturated carbocycles. The van der Waals surface area contributed by atoms with Gasteiger partial charge >= 0.3 is 0 Å². The minimum atomic E-state index is 0.750. The number of hydrogen-bond donors (Lipinski definition) is 0. The van der Waals surface area contributed by atoms with Crippen molar-refractivity contribution in [1.29, 1.82) is 0 Å². The summed E-state index contributed by atoms with van der Waals surface area (Å²) in [6, 6.07) is 14.1. The molecule has 0 fully saturated rings. The molecule has 140 valence electrons. The lowest BCUT2D eigenvalue weighted by Gasteiger charge is -2.11. The summed E-state index contributed by atoms with van der Waals surface area (Å²) in [5.41, 5.74) is 5.02. The first kappa shape index (κ1) is 18.9. The quantitative estimate of drug-likeness (QED) is 0.617. The Morgan fingerprint density at radius 3 is 2.41 bits per heavy atom. The highest BCUT2D eigenvalue weighted by Crippen LogP contribution is 2.26. The molecule has 3 aromatic rings. The minimum absolute atomic E-state index is 0.750. The van der Waals surface area contributed by atoms with Crippen LogP contribution in [0.4, 0.5) is 0 Å². The number of hydrogen-bond acceptors (Lipinski definition) is 5. The molecule has 1 heterocycles. The van der Waals surface area contributed by atoms with Gasteiger partial charge in [-0.05, 0) is 32.0 Å². The monoisotopic (exact) mass is 381 g/mol. The Kier molecular flexibility index (Phi) is 5.76. The second-order valence-electron chi connectivity index (χ2n) is 6.06. The summed E-state index contributed by atoms with van der Waals surface area (Å²) < 4.78 is 12.7. The van der Waals surface area contributed by atoms with Gasteiger partial charge in [0.15, 0.2) is 0 Å². The number of methoxy groups -OCH3 is 2. The van der Waals surface area contributed by atoms with Crippen LogP contribution in [0.5, 0.6) is 11.5 Å². The van der Waals surface area contributed by atoms with Gasteiger partial charge in [-0.1, -0.05) is 29.8 Å². The van der Waals surface area contributed by atoms with Crippen LogP contribution in [0.25, 0.3) is 11.3 Å². The largest absolute Gasteiger partial charge is 0.497 e. The number of aryl methyl sites for hydroxylation is 1. The molecule has 0 saturated heterocycles. The average Bonchev–Trinajstić information content (AvgIpc) is 3.10. The number of thiazole rings is 1. The normalized spacial score (nSPS) is 12.3. The van der Waals surface area contributed by atoms with Crippen LogP contribution in [0.3, 0.4) is 0 Å². The highest BCUT2D eigenvalue weighted by Gasteiger charge is 2.12. The Bertz CT molecular complexity index is 1030. The van der Waals surface area contributed by atoms with Crippen molar-refractivity contribution in [3.05, 3.63) is 63.8 Å². The molecule has 2 aromatic carbocycles. The van der Waals surface area contributed by atoms with E-state index in [2.05, 4.69) is 41.6 Å². The second kappa shape index (κ2) is 8.22. The van der Waals surface area contributed by atoms with E-state index in [1.807, 2.05) is 29.8 Å². The molecule has 0 atom stereocenters. The van der Waals surface area contributed by atoms with Crippen molar-refractivity contribution in [3.8, 4) is 22.8 Å². The van der Waals surface area contributed by atoms with E-state index in [4.69, 9.17) is 14.6 Å². The van der Waals surface area contributed by atoms with Crippen molar-refractivity contribution in [2.24, 2.45) is 10.1 Å². The fourth-order valence-electron chi connectivity index (χ4n) is 2.77. The Labute approximate surface area is 163 Å². The van der Waals surface area contributed by atoms with Crippen LogP contribution in [-0.2, 0) is 0 Å². The van der Waals surface area contributed by atoms with Gasteiger partial charge in [0, 0.05) is 23.6 Å². The second-order valence-corrected chi connectivity index (χ2v) is 6.89. The minimum Gasteiger partial charge on any atom is -0.497 e. The third kappa shape index (κ3) is 3.95. The zero-order chi connectivity index (χ0) is 19.4. The molecule has 0 unspecified atom stereocenters. The van der Waals surface area contributed by atoms with E-state index in [9.17, 15) is 0 Å². The van der Waals surface area contributed by atoms with Crippen molar-refractivity contribution in [2.45, 2.75) is 13.8 Å². The highest BCUT2D eigenvalue weighted by molar-refractivity contribution is 7.07. The van der Waals surface area contributed by atoms with Crippen molar-refractivity contribution in [3.63, 3.8) is 0 Å². The van der Waals surface area contributed by atoms with E-state index in [0.717, 1.165) is 38.8 Å². The van der Waals surface area contributed by atoms with Crippen LogP contribution in [0.1, 0.15) is 18.1 Å². The van der Waals surface area contributed by atoms with Gasteiger partial charge in [-0.25, -0.2) is 4.68 Å². The number of rotatable bonds is 5. The van der Waals surface area contributed by atoms with Crippen LogP contribution in [0.15, 0.2) is 57.9 Å². The van der Waals surface area contributed by atoms with E-state index >= 15 is 0 Å². The molecule has 0 aliphatic heterocycles. The zero-order valence-corrected chi connectivity index (χ0v) is 17.0. The number of benzene rings is 2. The predicted molar refractivity (Wildman–Crippen MR) is 111 cm³/mol. The third-order valence-electron chi connectivity index (χ3n) is 4.27. The van der Waals surface area contributed by atoms with Gasteiger partial charge < -0.3 is 9.47 Å². The molecule has 0 spiro atoms. The summed E-state index contributed by atoms with van der Waals surface area (Å²) in [6.45, 7) is 4.04. The molecule has 3 rings (SSSR count). The number of nitrogens with zero attached hydrogens (tertiary/aromatic N) is 3. The summed E-state index contributed by atoms with van der Waals surface area (Å²) in [7, 11) is 5.08. The van der Waals surface area contributed by atoms with Gasteiger partial charge in [0.25, 0.3) is 0 Å². The number of ether oxygens (including phenoxy) is 2. The molecule has 27 heavy (non-hydrogen) atoms. The van der Waals surface area contributed by atoms with Crippen molar-refractivity contribution < 1.29 is 9.47 Å². The van der Waals surface area contributed by atoms with Crippen LogP contribution in [-0.4, -0.2) is 31.7 Å². The maximum atomic E-state index is 5.50. The van der Waals surface area contributed by atoms with Gasteiger partial charge in [0.1, 0.15) is 11.5 Å². The summed E-state index contributed by atoms with van der Waals surface area (Å²) in [5.74, 6) is 1.51. The number of aromatic nitrogens is 1. The highest BCUT2D eigenvalue weighted by atomic mass is 32.1.